The number of nitrogens with two attached hydrogens (primary N) is 1. The number of fused-ring (bicyclic) bond motifs is 1. The summed E-state index contributed by atoms with van der Waals surface area (Å²) >= 11 is 1.67. The van der Waals surface area contributed by atoms with Crippen LogP contribution in [0, 0.1) is 6.92 Å². The second-order valence-electron chi connectivity index (χ2n) is 5.96. The molecule has 0 saturated carbocycles. The normalized spacial score (nSPS) is 11.0. The van der Waals surface area contributed by atoms with Crippen LogP contribution in [-0.4, -0.2) is 26.5 Å². The van der Waals surface area contributed by atoms with Crippen molar-refractivity contribution < 1.29 is 0 Å². The van der Waals surface area contributed by atoms with E-state index in [1.165, 1.54) is 11.9 Å². The van der Waals surface area contributed by atoms with Gasteiger partial charge in [0.05, 0.1) is 16.1 Å². The Labute approximate surface area is 155 Å². The molecule has 0 fully saturated rings. The van der Waals surface area contributed by atoms with Gasteiger partial charge >= 0.3 is 0 Å². The molecule has 0 aliphatic carbocycles. The molecule has 1 aromatic carbocycles. The molecule has 0 bridgehead atoms. The molecular formula is C19H18N6S. The molecule has 7 heteroatoms. The number of anilines is 2. The van der Waals surface area contributed by atoms with Crippen LogP contribution >= 0.6 is 11.3 Å². The summed E-state index contributed by atoms with van der Waals surface area (Å²) in [6, 6.07) is 12.2. The fourth-order valence-electron chi connectivity index (χ4n) is 2.76. The lowest BCUT2D eigenvalue weighted by atomic mass is 10.1. The minimum absolute atomic E-state index is 0.456. The molecule has 0 amide bonds. The second-order valence-corrected chi connectivity index (χ2v) is 7.02. The van der Waals surface area contributed by atoms with Crippen molar-refractivity contribution in [3.63, 3.8) is 0 Å². The standard InChI is InChI=1S/C19H18N6S/c1-12-24-16(10-26-12)14-4-2-13(3-5-14)8-9-21-18-15-6-7-17(20)25-19(15)23-11-22-18/h2-7,10-11H,8-9H2,1H3,(H3,20,21,22,23,25). The van der Waals surface area contributed by atoms with Crippen LogP contribution in [0.15, 0.2) is 48.1 Å². The lowest BCUT2D eigenvalue weighted by Gasteiger charge is -2.08. The summed E-state index contributed by atoms with van der Waals surface area (Å²) in [5.41, 5.74) is 9.76. The Morgan fingerprint density at radius 3 is 2.65 bits per heavy atom. The Morgan fingerprint density at radius 1 is 1.04 bits per heavy atom. The van der Waals surface area contributed by atoms with E-state index >= 15 is 0 Å². The molecule has 130 valence electrons. The maximum absolute atomic E-state index is 5.71. The van der Waals surface area contributed by atoms with Crippen molar-refractivity contribution in [2.24, 2.45) is 0 Å². The van der Waals surface area contributed by atoms with E-state index in [4.69, 9.17) is 5.73 Å². The van der Waals surface area contributed by atoms with Crippen LogP contribution in [0.3, 0.4) is 0 Å². The van der Waals surface area contributed by atoms with E-state index in [-0.39, 0.29) is 0 Å². The average molecular weight is 362 g/mol. The summed E-state index contributed by atoms with van der Waals surface area (Å²) in [4.78, 5) is 17.2. The number of hydrogen-bond acceptors (Lipinski definition) is 7. The van der Waals surface area contributed by atoms with Gasteiger partial charge in [-0.15, -0.1) is 11.3 Å². The highest BCUT2D eigenvalue weighted by Gasteiger charge is 2.05. The highest BCUT2D eigenvalue weighted by Crippen LogP contribution is 2.22. The van der Waals surface area contributed by atoms with Crippen molar-refractivity contribution in [1.82, 2.24) is 19.9 Å². The number of hydrogen-bond donors (Lipinski definition) is 2. The fraction of sp³-hybridized carbons (Fsp3) is 0.158. The van der Waals surface area contributed by atoms with Gasteiger partial charge in [0.2, 0.25) is 0 Å². The number of aryl methyl sites for hydroxylation is 1. The summed E-state index contributed by atoms with van der Waals surface area (Å²) in [7, 11) is 0. The summed E-state index contributed by atoms with van der Waals surface area (Å²) < 4.78 is 0. The van der Waals surface area contributed by atoms with Gasteiger partial charge in [0.1, 0.15) is 18.0 Å². The summed E-state index contributed by atoms with van der Waals surface area (Å²) in [6.45, 7) is 2.79. The van der Waals surface area contributed by atoms with Crippen LogP contribution in [0.4, 0.5) is 11.6 Å². The van der Waals surface area contributed by atoms with Crippen LogP contribution in [0.25, 0.3) is 22.3 Å². The number of rotatable bonds is 5. The Kier molecular flexibility index (Phi) is 4.45. The lowest BCUT2D eigenvalue weighted by molar-refractivity contribution is 1.00. The summed E-state index contributed by atoms with van der Waals surface area (Å²) in [6.07, 6.45) is 2.39. The highest BCUT2D eigenvalue weighted by molar-refractivity contribution is 7.09. The first-order chi connectivity index (χ1) is 12.7. The number of nitrogen functional groups attached to an aromatic ring is 1. The molecule has 4 rings (SSSR count). The van der Waals surface area contributed by atoms with Gasteiger partial charge in [-0.05, 0) is 31.0 Å². The minimum Gasteiger partial charge on any atom is -0.384 e. The molecule has 3 heterocycles. The predicted molar refractivity (Wildman–Crippen MR) is 106 cm³/mol. The van der Waals surface area contributed by atoms with Gasteiger partial charge in [-0.3, -0.25) is 0 Å². The average Bonchev–Trinajstić information content (AvgIpc) is 3.08. The first-order valence-corrected chi connectivity index (χ1v) is 9.19. The van der Waals surface area contributed by atoms with Crippen LogP contribution < -0.4 is 11.1 Å². The second kappa shape index (κ2) is 7.05. The quantitative estimate of drug-likeness (QED) is 0.563. The molecular weight excluding hydrogens is 344 g/mol. The molecule has 0 unspecified atom stereocenters. The van der Waals surface area contributed by atoms with E-state index in [0.717, 1.165) is 40.4 Å². The van der Waals surface area contributed by atoms with Crippen molar-refractivity contribution in [3.8, 4) is 11.3 Å². The predicted octanol–water partition coefficient (Wildman–Crippen LogP) is 3.69. The Balaban J connectivity index is 1.42. The van der Waals surface area contributed by atoms with Gasteiger partial charge in [-0.25, -0.2) is 19.9 Å². The van der Waals surface area contributed by atoms with Crippen molar-refractivity contribution in [1.29, 1.82) is 0 Å². The molecule has 26 heavy (non-hydrogen) atoms. The molecule has 0 atom stereocenters. The van der Waals surface area contributed by atoms with Gasteiger partial charge in [-0.1, -0.05) is 24.3 Å². The van der Waals surface area contributed by atoms with Gasteiger partial charge in [-0.2, -0.15) is 0 Å². The van der Waals surface area contributed by atoms with Crippen LogP contribution in [-0.2, 0) is 6.42 Å². The zero-order valence-electron chi connectivity index (χ0n) is 14.3. The number of nitrogens with zero attached hydrogens (tertiary/aromatic N) is 4. The Morgan fingerprint density at radius 2 is 1.88 bits per heavy atom. The maximum atomic E-state index is 5.71. The van der Waals surface area contributed by atoms with Crippen molar-refractivity contribution >= 4 is 34.0 Å². The van der Waals surface area contributed by atoms with Crippen LogP contribution in [0.2, 0.25) is 0 Å². The van der Waals surface area contributed by atoms with E-state index in [0.29, 0.717) is 11.5 Å². The molecule has 3 aromatic heterocycles. The number of pyridine rings is 1. The summed E-state index contributed by atoms with van der Waals surface area (Å²) in [5, 5.41) is 7.41. The van der Waals surface area contributed by atoms with Gasteiger partial charge < -0.3 is 11.1 Å². The molecule has 4 aromatic rings. The number of benzene rings is 1. The Hall–Kier alpha value is -3.06. The van der Waals surface area contributed by atoms with E-state index in [1.54, 1.807) is 17.4 Å². The monoisotopic (exact) mass is 362 g/mol. The van der Waals surface area contributed by atoms with Gasteiger partial charge in [0, 0.05) is 17.5 Å². The fourth-order valence-corrected chi connectivity index (χ4v) is 3.38. The minimum atomic E-state index is 0.456. The zero-order valence-corrected chi connectivity index (χ0v) is 15.1. The molecule has 3 N–H and O–H groups in total. The number of thiazole rings is 1. The Bertz CT molecular complexity index is 1040. The van der Waals surface area contributed by atoms with Crippen LogP contribution in [0.5, 0.6) is 0 Å². The first kappa shape index (κ1) is 16.4. The van der Waals surface area contributed by atoms with Crippen molar-refractivity contribution in [2.75, 3.05) is 17.6 Å². The number of aromatic nitrogens is 4. The summed E-state index contributed by atoms with van der Waals surface area (Å²) in [5.74, 6) is 1.23. The third-order valence-electron chi connectivity index (χ3n) is 4.09. The smallest absolute Gasteiger partial charge is 0.166 e. The molecule has 0 saturated heterocycles. The van der Waals surface area contributed by atoms with E-state index in [1.807, 2.05) is 13.0 Å². The molecule has 6 nitrogen and oxygen atoms in total. The topological polar surface area (TPSA) is 89.6 Å². The van der Waals surface area contributed by atoms with Crippen molar-refractivity contribution in [3.05, 3.63) is 58.7 Å². The SMILES string of the molecule is Cc1nc(-c2ccc(CCNc3ncnc4nc(N)ccc34)cc2)cs1. The maximum Gasteiger partial charge on any atom is 0.166 e. The molecule has 0 radical (unpaired) electrons. The zero-order chi connectivity index (χ0) is 17.9. The third-order valence-corrected chi connectivity index (χ3v) is 4.87. The van der Waals surface area contributed by atoms with Crippen molar-refractivity contribution in [2.45, 2.75) is 13.3 Å². The van der Waals surface area contributed by atoms with E-state index in [2.05, 4.69) is 54.9 Å². The first-order valence-electron chi connectivity index (χ1n) is 8.31. The molecule has 0 aliphatic heterocycles. The van der Waals surface area contributed by atoms with E-state index < -0.39 is 0 Å². The largest absolute Gasteiger partial charge is 0.384 e. The van der Waals surface area contributed by atoms with Crippen LogP contribution in [0.1, 0.15) is 10.6 Å². The number of nitrogens with one attached hydrogen (secondary N) is 1. The molecule has 0 spiro atoms. The van der Waals surface area contributed by atoms with Gasteiger partial charge in [0.25, 0.3) is 0 Å². The lowest BCUT2D eigenvalue weighted by Crippen LogP contribution is -2.07. The highest BCUT2D eigenvalue weighted by atomic mass is 32.1. The van der Waals surface area contributed by atoms with Gasteiger partial charge in [0.15, 0.2) is 5.65 Å². The van der Waals surface area contributed by atoms with E-state index in [9.17, 15) is 0 Å². The third kappa shape index (κ3) is 3.48. The molecule has 0 aliphatic rings.